The van der Waals surface area contributed by atoms with Crippen molar-refractivity contribution < 1.29 is 87.0 Å². The summed E-state index contributed by atoms with van der Waals surface area (Å²) in [6.07, 6.45) is 2.56. The van der Waals surface area contributed by atoms with E-state index in [9.17, 15) is 30.0 Å². The Hall–Kier alpha value is -1.45. The molecule has 1 radical (unpaired) electrons. The van der Waals surface area contributed by atoms with E-state index >= 15 is 0 Å². The van der Waals surface area contributed by atoms with Crippen molar-refractivity contribution in [3.8, 4) is 0 Å². The van der Waals surface area contributed by atoms with E-state index in [1.807, 2.05) is 0 Å². The third-order valence-electron chi connectivity index (χ3n) is 5.93. The molecule has 3 aliphatic rings. The maximum atomic E-state index is 11.3. The molecule has 4 rings (SSSR count). The predicted octanol–water partition coefficient (Wildman–Crippen LogP) is -2.39. The minimum absolute atomic E-state index is 0. The van der Waals surface area contributed by atoms with Crippen molar-refractivity contribution in [3.05, 3.63) is 61.6 Å². The summed E-state index contributed by atoms with van der Waals surface area (Å²) in [6.45, 7) is 0.727. The van der Waals surface area contributed by atoms with Gasteiger partial charge in [0.2, 0.25) is 0 Å². The topological polar surface area (TPSA) is 181 Å². The number of hydrogen-bond donors (Lipinski definition) is 6. The van der Waals surface area contributed by atoms with E-state index in [1.165, 1.54) is 17.7 Å². The van der Waals surface area contributed by atoms with E-state index in [2.05, 4.69) is 0 Å². The molecule has 2 saturated heterocycles. The molecule has 6 N–H and O–H groups in total. The van der Waals surface area contributed by atoms with Crippen molar-refractivity contribution in [1.29, 1.82) is 0 Å². The van der Waals surface area contributed by atoms with Gasteiger partial charge in [-0.05, 0) is 13.3 Å². The van der Waals surface area contributed by atoms with E-state index in [-0.39, 0.29) is 59.1 Å². The van der Waals surface area contributed by atoms with Gasteiger partial charge >= 0.3 is 0 Å². The van der Waals surface area contributed by atoms with Crippen LogP contribution in [0, 0.1) is 7.43 Å². The number of hydrogen-bond acceptors (Lipinski definition) is 11. The molecule has 0 amide bonds. The molecule has 0 spiro atoms. The van der Waals surface area contributed by atoms with Gasteiger partial charge in [-0.3, -0.25) is 4.79 Å². The summed E-state index contributed by atoms with van der Waals surface area (Å²) in [7, 11) is 0. The number of Topliss-reactive ketones (excluding diaryl/α,β-unsaturated/α-hetero) is 1. The summed E-state index contributed by atoms with van der Waals surface area (Å²) in [5.74, 6) is -0.0453. The smallest absolute Gasteiger partial charge is 0.281 e. The number of ketones is 1. The SMILES string of the molecule is CC(=O)C1=CN(C2O[C@H](CO)[C@@H](O)[C@H]2O)C=CC1.O=[C-]c1ccc[n+](C2O[C@H](CO)[C@@H](O)[C@H]2O)c1.[CH3-].[Y]. The summed E-state index contributed by atoms with van der Waals surface area (Å²) in [4.78, 5) is 23.4. The van der Waals surface area contributed by atoms with E-state index in [0.29, 0.717) is 17.6 Å². The van der Waals surface area contributed by atoms with Crippen LogP contribution in [0.25, 0.3) is 0 Å². The van der Waals surface area contributed by atoms with Gasteiger partial charge in [-0.25, -0.2) is 4.57 Å². The maximum Gasteiger partial charge on any atom is 0.281 e. The quantitative estimate of drug-likeness (QED) is 0.152. The largest absolute Gasteiger partial charge is 0.394 e. The zero-order valence-electron chi connectivity index (χ0n) is 20.6. The Morgan fingerprint density at radius 1 is 1.08 bits per heavy atom. The first-order valence-corrected chi connectivity index (χ1v) is 11.0. The molecule has 13 heteroatoms. The number of pyridine rings is 1. The van der Waals surface area contributed by atoms with Crippen LogP contribution < -0.4 is 4.57 Å². The van der Waals surface area contributed by atoms with Crippen molar-refractivity contribution in [1.82, 2.24) is 4.90 Å². The molecule has 0 aromatic carbocycles. The Balaban J connectivity index is 0.000000351. The van der Waals surface area contributed by atoms with Crippen LogP contribution in [0.3, 0.4) is 0 Å². The molecule has 8 atom stereocenters. The molecule has 12 nitrogen and oxygen atoms in total. The summed E-state index contributed by atoms with van der Waals surface area (Å²) in [5, 5.41) is 56.8. The van der Waals surface area contributed by atoms with Gasteiger partial charge in [-0.2, -0.15) is 0 Å². The molecule has 203 valence electrons. The molecule has 0 saturated carbocycles. The van der Waals surface area contributed by atoms with Gasteiger partial charge in [0.15, 0.2) is 18.1 Å². The number of nitrogens with zero attached hydrogens (tertiary/aromatic N) is 2. The molecule has 2 fully saturated rings. The molecule has 0 bridgehead atoms. The number of aliphatic hydroxyl groups is 6. The zero-order valence-corrected chi connectivity index (χ0v) is 23.4. The van der Waals surface area contributed by atoms with Crippen LogP contribution in [0.2, 0.25) is 0 Å². The van der Waals surface area contributed by atoms with Gasteiger partial charge in [-0.15, -0.1) is 6.07 Å². The average Bonchev–Trinajstić information content (AvgIpc) is 3.34. The number of rotatable bonds is 6. The summed E-state index contributed by atoms with van der Waals surface area (Å²) in [6, 6.07) is 3.17. The van der Waals surface area contributed by atoms with Gasteiger partial charge in [0.05, 0.1) is 25.7 Å². The van der Waals surface area contributed by atoms with Crippen LogP contribution in [-0.2, 0) is 51.8 Å². The second kappa shape index (κ2) is 15.2. The van der Waals surface area contributed by atoms with Crippen molar-refractivity contribution in [2.75, 3.05) is 13.2 Å². The minimum Gasteiger partial charge on any atom is -0.394 e. The van der Waals surface area contributed by atoms with E-state index in [1.54, 1.807) is 48.0 Å². The van der Waals surface area contributed by atoms with Crippen LogP contribution in [0.15, 0.2) is 48.6 Å². The van der Waals surface area contributed by atoms with Gasteiger partial charge in [-0.1, -0.05) is 17.7 Å². The predicted molar refractivity (Wildman–Crippen MR) is 123 cm³/mol. The zero-order chi connectivity index (χ0) is 25.7. The first-order chi connectivity index (χ1) is 16.7. The molecule has 1 aromatic heterocycles. The fourth-order valence-electron chi connectivity index (χ4n) is 3.93. The summed E-state index contributed by atoms with van der Waals surface area (Å²) in [5.41, 5.74) is 0.917. The fraction of sp³-hybridized carbons (Fsp3) is 0.500. The summed E-state index contributed by atoms with van der Waals surface area (Å²) < 4.78 is 12.1. The van der Waals surface area contributed by atoms with Crippen molar-refractivity contribution in [3.63, 3.8) is 0 Å². The number of carbonyl (C=O) groups excluding carboxylic acids is 2. The van der Waals surface area contributed by atoms with Crippen molar-refractivity contribution in [2.45, 2.75) is 62.4 Å². The van der Waals surface area contributed by atoms with Crippen LogP contribution in [0.4, 0.5) is 0 Å². The molecular weight excluding hydrogens is 565 g/mol. The van der Waals surface area contributed by atoms with Gasteiger partial charge in [0.1, 0.15) is 36.7 Å². The molecule has 3 aliphatic heterocycles. The van der Waals surface area contributed by atoms with E-state index in [4.69, 9.17) is 19.7 Å². The Morgan fingerprint density at radius 3 is 2.24 bits per heavy atom. The van der Waals surface area contributed by atoms with Crippen LogP contribution in [0.1, 0.15) is 25.1 Å². The summed E-state index contributed by atoms with van der Waals surface area (Å²) >= 11 is 0. The molecule has 2 unspecified atom stereocenters. The number of allylic oxidation sites excluding steroid dienone is 2. The Labute approximate surface area is 240 Å². The van der Waals surface area contributed by atoms with E-state index < -0.39 is 49.1 Å². The number of aromatic nitrogens is 1. The van der Waals surface area contributed by atoms with Crippen LogP contribution in [0.5, 0.6) is 0 Å². The van der Waals surface area contributed by atoms with Crippen LogP contribution in [-0.4, -0.2) is 104 Å². The normalized spacial score (nSPS) is 32.4. The first-order valence-electron chi connectivity index (χ1n) is 11.0. The fourth-order valence-corrected chi connectivity index (χ4v) is 3.93. The van der Waals surface area contributed by atoms with Crippen molar-refractivity contribution >= 4 is 12.1 Å². The number of aliphatic hydroxyl groups excluding tert-OH is 6. The van der Waals surface area contributed by atoms with E-state index in [0.717, 1.165) is 0 Å². The maximum absolute atomic E-state index is 11.3. The van der Waals surface area contributed by atoms with Crippen LogP contribution >= 0.6 is 0 Å². The third kappa shape index (κ3) is 7.79. The second-order valence-corrected chi connectivity index (χ2v) is 8.35. The Bertz CT molecular complexity index is 961. The number of carbonyl (C=O) groups is 1. The number of ether oxygens (including phenoxy) is 2. The molecule has 37 heavy (non-hydrogen) atoms. The molecular formula is C24H33N2O10Y-. The van der Waals surface area contributed by atoms with Crippen molar-refractivity contribution in [2.24, 2.45) is 0 Å². The Morgan fingerprint density at radius 2 is 1.70 bits per heavy atom. The standard InChI is InChI=1S/C12H17NO5.C11H13NO5.CH3.Y/c1-7(15)8-3-2-4-13(5-8)12-11(17)10(16)9(6-14)18-12;13-5-7-2-1-3-12(4-7)11-10(16)9(15)8(6-14)17-11;;/h2,4-5,9-12,14,16-17H,3,6H2,1H3;1-4,8-11,14-16H,6H2;1H3;/q;;-1;/t9-,10-,11-,12?;8-,9-,10-,11?;;/m11../s1. The minimum atomic E-state index is -1.15. The molecule has 1 aromatic rings. The first kappa shape index (κ1) is 33.6. The average molecular weight is 598 g/mol. The second-order valence-electron chi connectivity index (χ2n) is 8.35. The molecule has 0 aliphatic carbocycles. The Kier molecular flexibility index (Phi) is 13.8. The van der Waals surface area contributed by atoms with Gasteiger partial charge < -0.3 is 57.2 Å². The third-order valence-corrected chi connectivity index (χ3v) is 5.93. The van der Waals surface area contributed by atoms with Gasteiger partial charge in [0.25, 0.3) is 6.23 Å². The molecule has 4 heterocycles. The van der Waals surface area contributed by atoms with Gasteiger partial charge in [0, 0.05) is 50.7 Å². The monoisotopic (exact) mass is 598 g/mol.